The predicted molar refractivity (Wildman–Crippen MR) is 108 cm³/mol. The van der Waals surface area contributed by atoms with Gasteiger partial charge in [0, 0.05) is 6.04 Å². The van der Waals surface area contributed by atoms with Crippen LogP contribution in [0.15, 0.2) is 60.7 Å². The predicted octanol–water partition coefficient (Wildman–Crippen LogP) is 5.60. The van der Waals surface area contributed by atoms with E-state index in [4.69, 9.17) is 4.74 Å². The van der Waals surface area contributed by atoms with Gasteiger partial charge in [0.2, 0.25) is 0 Å². The molecule has 3 heteroatoms. The van der Waals surface area contributed by atoms with E-state index >= 15 is 0 Å². The highest BCUT2D eigenvalue weighted by Crippen LogP contribution is 2.37. The van der Waals surface area contributed by atoms with Gasteiger partial charge < -0.3 is 4.74 Å². The molecular weight excluding hydrogens is 334 g/mol. The van der Waals surface area contributed by atoms with Crippen LogP contribution in [0.4, 0.5) is 4.79 Å². The second-order valence-electron chi connectivity index (χ2n) is 7.55. The van der Waals surface area contributed by atoms with E-state index in [1.165, 1.54) is 23.1 Å². The summed E-state index contributed by atoms with van der Waals surface area (Å²) in [6, 6.07) is 19.2. The minimum absolute atomic E-state index is 0.154. The van der Waals surface area contributed by atoms with Crippen LogP contribution in [-0.4, -0.2) is 23.1 Å². The minimum Gasteiger partial charge on any atom is -0.445 e. The number of ether oxygens (including phenoxy) is 1. The summed E-state index contributed by atoms with van der Waals surface area (Å²) in [5.74, 6) is 0. The van der Waals surface area contributed by atoms with Crippen LogP contribution >= 0.6 is 0 Å². The molecular formula is C24H27NO2. The number of nitrogens with zero attached hydrogens (tertiary/aromatic N) is 1. The molecule has 2 atom stereocenters. The first kappa shape index (κ1) is 17.8. The average molecular weight is 361 g/mol. The van der Waals surface area contributed by atoms with Gasteiger partial charge in [0.15, 0.2) is 0 Å². The number of aryl methyl sites for hydroxylation is 1. The van der Waals surface area contributed by atoms with Gasteiger partial charge in [-0.25, -0.2) is 4.79 Å². The van der Waals surface area contributed by atoms with Crippen molar-refractivity contribution in [2.24, 2.45) is 0 Å². The van der Waals surface area contributed by atoms with Gasteiger partial charge in [-0.3, -0.25) is 4.90 Å². The zero-order chi connectivity index (χ0) is 18.6. The third kappa shape index (κ3) is 3.92. The lowest BCUT2D eigenvalue weighted by Crippen LogP contribution is -2.51. The largest absolute Gasteiger partial charge is 0.445 e. The van der Waals surface area contributed by atoms with E-state index in [2.05, 4.69) is 37.3 Å². The van der Waals surface area contributed by atoms with Crippen molar-refractivity contribution in [3.05, 3.63) is 77.4 Å². The van der Waals surface area contributed by atoms with Gasteiger partial charge in [-0.2, -0.15) is 0 Å². The monoisotopic (exact) mass is 361 g/mol. The molecule has 1 saturated heterocycles. The van der Waals surface area contributed by atoms with Gasteiger partial charge in [0.05, 0.1) is 6.04 Å². The van der Waals surface area contributed by atoms with E-state index < -0.39 is 0 Å². The Morgan fingerprint density at radius 3 is 2.52 bits per heavy atom. The van der Waals surface area contributed by atoms with E-state index in [0.29, 0.717) is 6.61 Å². The highest BCUT2D eigenvalue weighted by Gasteiger charge is 2.38. The standard InChI is InChI=1S/C24H27NO2/c1-2-18-11-13-20(14-12-18)21-15-22-9-6-10-23(16-21)25(22)24(26)27-17-19-7-4-3-5-8-19/h3-5,7-8,11-15,22-23H,2,6,9-10,16-17H2,1H3. The van der Waals surface area contributed by atoms with E-state index in [1.807, 2.05) is 35.2 Å². The molecule has 4 rings (SSSR count). The van der Waals surface area contributed by atoms with E-state index in [9.17, 15) is 4.79 Å². The first-order valence-electron chi connectivity index (χ1n) is 10.0. The fourth-order valence-electron chi connectivity index (χ4n) is 4.28. The highest BCUT2D eigenvalue weighted by atomic mass is 16.6. The molecule has 2 bridgehead atoms. The first-order valence-corrected chi connectivity index (χ1v) is 10.0. The normalized spacial score (nSPS) is 21.5. The van der Waals surface area contributed by atoms with Crippen molar-refractivity contribution in [1.82, 2.24) is 4.90 Å². The second-order valence-corrected chi connectivity index (χ2v) is 7.55. The lowest BCUT2D eigenvalue weighted by Gasteiger charge is -2.44. The third-order valence-electron chi connectivity index (χ3n) is 5.79. The number of benzene rings is 2. The molecule has 0 aromatic heterocycles. The molecule has 140 valence electrons. The van der Waals surface area contributed by atoms with Crippen LogP contribution < -0.4 is 0 Å². The summed E-state index contributed by atoms with van der Waals surface area (Å²) in [7, 11) is 0. The summed E-state index contributed by atoms with van der Waals surface area (Å²) in [4.78, 5) is 14.8. The lowest BCUT2D eigenvalue weighted by atomic mass is 9.83. The van der Waals surface area contributed by atoms with Crippen molar-refractivity contribution >= 4 is 11.7 Å². The number of hydrogen-bond donors (Lipinski definition) is 0. The molecule has 1 fully saturated rings. The SMILES string of the molecule is CCc1ccc(C2=CC3CCCC(C2)N3C(=O)OCc2ccccc2)cc1. The van der Waals surface area contributed by atoms with E-state index in [-0.39, 0.29) is 18.2 Å². The second kappa shape index (κ2) is 7.99. The Labute approximate surface area is 161 Å². The minimum atomic E-state index is -0.176. The molecule has 3 nitrogen and oxygen atoms in total. The van der Waals surface area contributed by atoms with Crippen LogP contribution in [0.2, 0.25) is 0 Å². The number of amides is 1. The maximum atomic E-state index is 12.8. The van der Waals surface area contributed by atoms with Crippen LogP contribution in [0.5, 0.6) is 0 Å². The topological polar surface area (TPSA) is 29.5 Å². The fourth-order valence-corrected chi connectivity index (χ4v) is 4.28. The Bertz CT molecular complexity index is 810. The van der Waals surface area contributed by atoms with Gasteiger partial charge in [0.25, 0.3) is 0 Å². The maximum Gasteiger partial charge on any atom is 0.410 e. The Morgan fingerprint density at radius 2 is 1.81 bits per heavy atom. The summed E-state index contributed by atoms with van der Waals surface area (Å²) in [5.41, 5.74) is 5.06. The summed E-state index contributed by atoms with van der Waals surface area (Å²) in [5, 5.41) is 0. The Balaban J connectivity index is 1.48. The number of fused-ring (bicyclic) bond motifs is 2. The smallest absolute Gasteiger partial charge is 0.410 e. The van der Waals surface area contributed by atoms with Gasteiger partial charge >= 0.3 is 6.09 Å². The van der Waals surface area contributed by atoms with Crippen molar-refractivity contribution < 1.29 is 9.53 Å². The van der Waals surface area contributed by atoms with Crippen molar-refractivity contribution in [3.8, 4) is 0 Å². The summed E-state index contributed by atoms with van der Waals surface area (Å²) in [6.07, 6.45) is 7.35. The van der Waals surface area contributed by atoms with Gasteiger partial charge in [0.1, 0.15) is 6.61 Å². The molecule has 2 heterocycles. The molecule has 2 aromatic carbocycles. The zero-order valence-electron chi connectivity index (χ0n) is 15.9. The lowest BCUT2D eigenvalue weighted by molar-refractivity contribution is 0.0510. The van der Waals surface area contributed by atoms with Crippen LogP contribution in [0.3, 0.4) is 0 Å². The van der Waals surface area contributed by atoms with E-state index in [1.54, 1.807) is 0 Å². The molecule has 2 aromatic rings. The van der Waals surface area contributed by atoms with Crippen molar-refractivity contribution in [1.29, 1.82) is 0 Å². The number of rotatable bonds is 4. The molecule has 2 aliphatic rings. The van der Waals surface area contributed by atoms with Crippen LogP contribution in [0.1, 0.15) is 49.3 Å². The number of piperidine rings is 1. The first-order chi connectivity index (χ1) is 13.2. The molecule has 0 saturated carbocycles. The quantitative estimate of drug-likeness (QED) is 0.710. The molecule has 0 N–H and O–H groups in total. The zero-order valence-corrected chi connectivity index (χ0v) is 15.9. The number of hydrogen-bond acceptors (Lipinski definition) is 2. The molecule has 27 heavy (non-hydrogen) atoms. The average Bonchev–Trinajstić information content (AvgIpc) is 2.72. The molecule has 0 radical (unpaired) electrons. The Kier molecular flexibility index (Phi) is 5.28. The van der Waals surface area contributed by atoms with Crippen LogP contribution in [0.25, 0.3) is 5.57 Å². The summed E-state index contributed by atoms with van der Waals surface area (Å²) in [6.45, 7) is 2.52. The molecule has 2 aliphatic heterocycles. The number of carbonyl (C=O) groups is 1. The van der Waals surface area contributed by atoms with E-state index in [0.717, 1.165) is 31.2 Å². The van der Waals surface area contributed by atoms with Crippen LogP contribution in [0, 0.1) is 0 Å². The maximum absolute atomic E-state index is 12.8. The Hall–Kier alpha value is -2.55. The molecule has 1 amide bonds. The van der Waals surface area contributed by atoms with Crippen molar-refractivity contribution in [2.45, 2.75) is 57.7 Å². The van der Waals surface area contributed by atoms with Gasteiger partial charge in [-0.05, 0) is 54.4 Å². The van der Waals surface area contributed by atoms with Crippen molar-refractivity contribution in [3.63, 3.8) is 0 Å². The van der Waals surface area contributed by atoms with Gasteiger partial charge in [-0.1, -0.05) is 67.6 Å². The Morgan fingerprint density at radius 1 is 1.04 bits per heavy atom. The van der Waals surface area contributed by atoms with Crippen molar-refractivity contribution in [2.75, 3.05) is 0 Å². The number of carbonyl (C=O) groups excluding carboxylic acids is 1. The van der Waals surface area contributed by atoms with Crippen LogP contribution in [-0.2, 0) is 17.8 Å². The molecule has 0 aliphatic carbocycles. The molecule has 0 spiro atoms. The van der Waals surface area contributed by atoms with Gasteiger partial charge in [-0.15, -0.1) is 0 Å². The third-order valence-corrected chi connectivity index (χ3v) is 5.79. The fraction of sp³-hybridized carbons (Fsp3) is 0.375. The summed E-state index contributed by atoms with van der Waals surface area (Å²) >= 11 is 0. The highest BCUT2D eigenvalue weighted by molar-refractivity contribution is 5.74. The molecule has 2 unspecified atom stereocenters. The summed E-state index contributed by atoms with van der Waals surface area (Å²) < 4.78 is 5.63.